The summed E-state index contributed by atoms with van der Waals surface area (Å²) in [6.07, 6.45) is 4.56. The van der Waals surface area contributed by atoms with Gasteiger partial charge in [-0.3, -0.25) is 9.20 Å². The van der Waals surface area contributed by atoms with Crippen LogP contribution in [-0.4, -0.2) is 52.0 Å². The lowest BCUT2D eigenvalue weighted by molar-refractivity contribution is 0.0817. The molecule has 1 fully saturated rings. The molecule has 3 heterocycles. The lowest BCUT2D eigenvalue weighted by atomic mass is 10.0. The molecule has 1 aliphatic heterocycles. The van der Waals surface area contributed by atoms with Gasteiger partial charge in [-0.15, -0.1) is 0 Å². The van der Waals surface area contributed by atoms with E-state index in [4.69, 9.17) is 33.7 Å². The normalized spacial score (nSPS) is 16.1. The van der Waals surface area contributed by atoms with Crippen LogP contribution in [0, 0.1) is 0 Å². The van der Waals surface area contributed by atoms with Gasteiger partial charge in [-0.05, 0) is 43.5 Å². The molecule has 3 N–H and O–H groups in total. The Morgan fingerprint density at radius 3 is 2.82 bits per heavy atom. The Balaban J connectivity index is 1.62. The van der Waals surface area contributed by atoms with Crippen LogP contribution >= 0.6 is 23.2 Å². The molecule has 0 saturated carbocycles. The van der Waals surface area contributed by atoms with E-state index in [2.05, 4.69) is 10.3 Å². The van der Waals surface area contributed by atoms with E-state index in [-0.39, 0.29) is 24.6 Å². The van der Waals surface area contributed by atoms with Crippen LogP contribution in [0.5, 0.6) is 0 Å². The first kappa shape index (κ1) is 23.4. The van der Waals surface area contributed by atoms with Gasteiger partial charge in [0.15, 0.2) is 0 Å². The molecular weight excluding hydrogens is 465 g/mol. The van der Waals surface area contributed by atoms with E-state index in [1.54, 1.807) is 28.4 Å². The van der Waals surface area contributed by atoms with Crippen molar-refractivity contribution in [3.8, 4) is 11.1 Å². The molecule has 0 radical (unpaired) electrons. The summed E-state index contributed by atoms with van der Waals surface area (Å²) in [6.45, 7) is 3.40. The Morgan fingerprint density at radius 2 is 2.09 bits per heavy atom. The van der Waals surface area contributed by atoms with Crippen molar-refractivity contribution in [2.45, 2.75) is 32.4 Å². The number of fused-ring (bicyclic) bond motifs is 1. The van der Waals surface area contributed by atoms with Gasteiger partial charge in [0.1, 0.15) is 11.3 Å². The monoisotopic (exact) mass is 489 g/mol. The van der Waals surface area contributed by atoms with Gasteiger partial charge in [0.25, 0.3) is 5.91 Å². The number of halogens is 2. The molecule has 1 atom stereocenters. The van der Waals surface area contributed by atoms with E-state index < -0.39 is 0 Å². The number of likely N-dealkylation sites (tertiary alicyclic amines) is 1. The van der Waals surface area contributed by atoms with Gasteiger partial charge in [-0.25, -0.2) is 9.78 Å². The highest BCUT2D eigenvalue weighted by atomic mass is 35.5. The lowest BCUT2D eigenvalue weighted by Gasteiger charge is -2.32. The standard InChI is InChI=1S/C23H25Cl2N5O3/c1-2-33-23(32)29-7-3-4-16(12-29)28-22(31)20-11-27-21-8-14(10-26)18(13-30(20)21)17-6-5-15(24)9-19(17)25/h5-6,8-9,11,13,16H,2-4,7,10,12,26H2,1H3,(H,28,31). The Labute approximate surface area is 201 Å². The maximum Gasteiger partial charge on any atom is 0.409 e. The van der Waals surface area contributed by atoms with Crippen LogP contribution in [0.4, 0.5) is 4.79 Å². The van der Waals surface area contributed by atoms with Gasteiger partial charge >= 0.3 is 6.09 Å². The summed E-state index contributed by atoms with van der Waals surface area (Å²) in [5, 5.41) is 4.05. The number of aromatic nitrogens is 2. The maximum atomic E-state index is 13.1. The van der Waals surface area contributed by atoms with Gasteiger partial charge in [-0.2, -0.15) is 0 Å². The summed E-state index contributed by atoms with van der Waals surface area (Å²) >= 11 is 12.5. The fraction of sp³-hybridized carbons (Fsp3) is 0.348. The number of ether oxygens (including phenoxy) is 1. The summed E-state index contributed by atoms with van der Waals surface area (Å²) in [7, 11) is 0. The molecule has 2 aromatic heterocycles. The molecule has 2 amide bonds. The van der Waals surface area contributed by atoms with E-state index >= 15 is 0 Å². The van der Waals surface area contributed by atoms with Gasteiger partial charge in [0.2, 0.25) is 0 Å². The second kappa shape index (κ2) is 9.99. The zero-order valence-corrected chi connectivity index (χ0v) is 19.7. The minimum Gasteiger partial charge on any atom is -0.450 e. The molecule has 0 aliphatic carbocycles. The summed E-state index contributed by atoms with van der Waals surface area (Å²) in [6, 6.07) is 6.93. The van der Waals surface area contributed by atoms with Crippen molar-refractivity contribution in [1.82, 2.24) is 19.6 Å². The number of imidazole rings is 1. The predicted molar refractivity (Wildman–Crippen MR) is 128 cm³/mol. The van der Waals surface area contributed by atoms with Crippen LogP contribution in [0.1, 0.15) is 35.8 Å². The summed E-state index contributed by atoms with van der Waals surface area (Å²) in [5.41, 5.74) is 9.38. The molecule has 1 aliphatic rings. The third kappa shape index (κ3) is 4.93. The van der Waals surface area contributed by atoms with E-state index in [1.807, 2.05) is 18.3 Å². The minimum absolute atomic E-state index is 0.172. The number of carbonyl (C=O) groups excluding carboxylic acids is 2. The molecule has 1 unspecified atom stereocenters. The number of amides is 2. The zero-order chi connectivity index (χ0) is 23.5. The van der Waals surface area contributed by atoms with E-state index in [0.29, 0.717) is 41.1 Å². The first-order chi connectivity index (χ1) is 15.9. The Kier molecular flexibility index (Phi) is 7.07. The number of rotatable bonds is 5. The number of hydrogen-bond donors (Lipinski definition) is 2. The minimum atomic E-state index is -0.356. The lowest BCUT2D eigenvalue weighted by Crippen LogP contribution is -2.49. The molecule has 33 heavy (non-hydrogen) atoms. The predicted octanol–water partition coefficient (Wildman–Crippen LogP) is 4.12. The molecule has 0 bridgehead atoms. The SMILES string of the molecule is CCOC(=O)N1CCCC(NC(=O)c2cnc3cc(CN)c(-c4ccc(Cl)cc4Cl)cn23)C1. The summed E-state index contributed by atoms with van der Waals surface area (Å²) in [4.78, 5) is 31.2. The molecule has 8 nitrogen and oxygen atoms in total. The van der Waals surface area contributed by atoms with Crippen LogP contribution < -0.4 is 11.1 Å². The summed E-state index contributed by atoms with van der Waals surface area (Å²) < 4.78 is 6.81. The van der Waals surface area contributed by atoms with Gasteiger partial charge in [0.05, 0.1) is 12.8 Å². The highest BCUT2D eigenvalue weighted by molar-refractivity contribution is 6.36. The van der Waals surface area contributed by atoms with E-state index in [0.717, 1.165) is 29.5 Å². The third-order valence-electron chi connectivity index (χ3n) is 5.69. The van der Waals surface area contributed by atoms with Crippen molar-refractivity contribution < 1.29 is 14.3 Å². The molecular formula is C23H25Cl2N5O3. The fourth-order valence-electron chi connectivity index (χ4n) is 4.09. The molecule has 10 heteroatoms. The van der Waals surface area contributed by atoms with Crippen molar-refractivity contribution >= 4 is 40.8 Å². The van der Waals surface area contributed by atoms with Crippen LogP contribution in [0.15, 0.2) is 36.7 Å². The smallest absolute Gasteiger partial charge is 0.409 e. The third-order valence-corrected chi connectivity index (χ3v) is 6.24. The molecule has 1 saturated heterocycles. The van der Waals surface area contributed by atoms with Crippen molar-refractivity contribution in [2.24, 2.45) is 5.73 Å². The molecule has 3 aromatic rings. The maximum absolute atomic E-state index is 13.1. The van der Waals surface area contributed by atoms with Crippen molar-refractivity contribution in [1.29, 1.82) is 0 Å². The average molecular weight is 490 g/mol. The van der Waals surface area contributed by atoms with Crippen LogP contribution in [-0.2, 0) is 11.3 Å². The first-order valence-electron chi connectivity index (χ1n) is 10.8. The van der Waals surface area contributed by atoms with Gasteiger partial charge in [-0.1, -0.05) is 29.3 Å². The number of benzene rings is 1. The topological polar surface area (TPSA) is 102 Å². The van der Waals surface area contributed by atoms with Gasteiger partial charge < -0.3 is 20.7 Å². The molecule has 4 rings (SSSR count). The Morgan fingerprint density at radius 1 is 1.27 bits per heavy atom. The number of hydrogen-bond acceptors (Lipinski definition) is 5. The quantitative estimate of drug-likeness (QED) is 0.561. The number of nitrogens with zero attached hydrogens (tertiary/aromatic N) is 3. The highest BCUT2D eigenvalue weighted by Gasteiger charge is 2.27. The highest BCUT2D eigenvalue weighted by Crippen LogP contribution is 2.33. The second-order valence-electron chi connectivity index (χ2n) is 7.87. The average Bonchev–Trinajstić information content (AvgIpc) is 3.21. The van der Waals surface area contributed by atoms with Crippen LogP contribution in [0.3, 0.4) is 0 Å². The number of nitrogens with two attached hydrogens (primary N) is 1. The molecule has 1 aromatic carbocycles. The van der Waals surface area contributed by atoms with E-state index in [9.17, 15) is 9.59 Å². The number of carbonyl (C=O) groups is 2. The molecule has 0 spiro atoms. The van der Waals surface area contributed by atoms with Gasteiger partial charge in [0, 0.05) is 53.0 Å². The number of piperidine rings is 1. The Hall–Kier alpha value is -2.81. The first-order valence-corrected chi connectivity index (χ1v) is 11.5. The number of pyridine rings is 1. The number of nitrogens with one attached hydrogen (secondary N) is 1. The Bertz CT molecular complexity index is 1200. The van der Waals surface area contributed by atoms with Crippen LogP contribution in [0.25, 0.3) is 16.8 Å². The second-order valence-corrected chi connectivity index (χ2v) is 8.71. The summed E-state index contributed by atoms with van der Waals surface area (Å²) in [5.74, 6) is -0.271. The van der Waals surface area contributed by atoms with E-state index in [1.165, 1.54) is 6.20 Å². The van der Waals surface area contributed by atoms with Crippen LogP contribution in [0.2, 0.25) is 10.0 Å². The van der Waals surface area contributed by atoms with Crippen molar-refractivity contribution in [2.75, 3.05) is 19.7 Å². The zero-order valence-electron chi connectivity index (χ0n) is 18.2. The molecule has 174 valence electrons. The van der Waals surface area contributed by atoms with Crippen molar-refractivity contribution in [3.05, 3.63) is 58.0 Å². The van der Waals surface area contributed by atoms with Crippen molar-refractivity contribution in [3.63, 3.8) is 0 Å². The fourth-order valence-corrected chi connectivity index (χ4v) is 4.60. The largest absolute Gasteiger partial charge is 0.450 e.